The predicted molar refractivity (Wildman–Crippen MR) is 72.4 cm³/mol. The maximum atomic E-state index is 10.7. The van der Waals surface area contributed by atoms with Crippen LogP contribution in [-0.2, 0) is 4.79 Å². The minimum absolute atomic E-state index is 0.592. The SMILES string of the molecule is N[C@@H](c1ccc(-c2ccccc2)cc1)[C@@H](O)C(=O)O. The molecular weight excluding hydrogens is 242 g/mol. The van der Waals surface area contributed by atoms with Crippen molar-refractivity contribution in [3.63, 3.8) is 0 Å². The molecule has 4 nitrogen and oxygen atoms in total. The summed E-state index contributed by atoms with van der Waals surface area (Å²) in [6.07, 6.45) is -1.59. The third kappa shape index (κ3) is 2.99. The molecule has 19 heavy (non-hydrogen) atoms. The third-order valence-electron chi connectivity index (χ3n) is 3.00. The number of carbonyl (C=O) groups is 1. The lowest BCUT2D eigenvalue weighted by Crippen LogP contribution is -2.33. The van der Waals surface area contributed by atoms with Crippen LogP contribution in [0.5, 0.6) is 0 Å². The standard InChI is InChI=1S/C15H15NO3/c16-13(14(17)15(18)19)12-8-6-11(7-9-12)10-4-2-1-3-5-10/h1-9,13-14,17H,16H2,(H,18,19)/t13-,14+/m0/s1. The van der Waals surface area contributed by atoms with Crippen LogP contribution in [0.2, 0.25) is 0 Å². The monoisotopic (exact) mass is 257 g/mol. The molecule has 0 radical (unpaired) electrons. The van der Waals surface area contributed by atoms with E-state index in [2.05, 4.69) is 0 Å². The van der Waals surface area contributed by atoms with Gasteiger partial charge in [-0.1, -0.05) is 54.6 Å². The Morgan fingerprint density at radius 1 is 0.947 bits per heavy atom. The maximum Gasteiger partial charge on any atom is 0.334 e. The van der Waals surface area contributed by atoms with E-state index in [0.29, 0.717) is 5.56 Å². The van der Waals surface area contributed by atoms with Gasteiger partial charge >= 0.3 is 5.97 Å². The van der Waals surface area contributed by atoms with Crippen LogP contribution in [0.4, 0.5) is 0 Å². The molecule has 0 heterocycles. The van der Waals surface area contributed by atoms with Crippen molar-refractivity contribution in [3.05, 3.63) is 60.2 Å². The van der Waals surface area contributed by atoms with Crippen LogP contribution in [0.1, 0.15) is 11.6 Å². The van der Waals surface area contributed by atoms with E-state index in [4.69, 9.17) is 10.8 Å². The van der Waals surface area contributed by atoms with Crippen LogP contribution in [0.3, 0.4) is 0 Å². The van der Waals surface area contributed by atoms with Gasteiger partial charge in [-0.3, -0.25) is 0 Å². The van der Waals surface area contributed by atoms with E-state index in [1.165, 1.54) is 0 Å². The van der Waals surface area contributed by atoms with Gasteiger partial charge < -0.3 is 15.9 Å². The van der Waals surface area contributed by atoms with E-state index in [9.17, 15) is 9.90 Å². The van der Waals surface area contributed by atoms with Gasteiger partial charge in [-0.15, -0.1) is 0 Å². The first kappa shape index (κ1) is 13.3. The summed E-state index contributed by atoms with van der Waals surface area (Å²) in [6.45, 7) is 0. The second kappa shape index (κ2) is 5.65. The molecule has 2 atom stereocenters. The molecule has 0 aromatic heterocycles. The highest BCUT2D eigenvalue weighted by Crippen LogP contribution is 2.22. The summed E-state index contributed by atoms with van der Waals surface area (Å²) < 4.78 is 0. The van der Waals surface area contributed by atoms with E-state index in [1.807, 2.05) is 42.5 Å². The van der Waals surface area contributed by atoms with Gasteiger partial charge in [0, 0.05) is 0 Å². The Bertz CT molecular complexity index is 551. The third-order valence-corrected chi connectivity index (χ3v) is 3.00. The molecule has 4 N–H and O–H groups in total. The van der Waals surface area contributed by atoms with Crippen molar-refractivity contribution >= 4 is 5.97 Å². The quantitative estimate of drug-likeness (QED) is 0.779. The Morgan fingerprint density at radius 2 is 1.47 bits per heavy atom. The molecule has 4 heteroatoms. The smallest absolute Gasteiger partial charge is 0.334 e. The van der Waals surface area contributed by atoms with Crippen molar-refractivity contribution in [1.82, 2.24) is 0 Å². The minimum Gasteiger partial charge on any atom is -0.479 e. The number of rotatable bonds is 4. The van der Waals surface area contributed by atoms with Crippen molar-refractivity contribution in [3.8, 4) is 11.1 Å². The summed E-state index contributed by atoms with van der Waals surface area (Å²) in [5.41, 5.74) is 8.38. The zero-order valence-electron chi connectivity index (χ0n) is 10.2. The van der Waals surface area contributed by atoms with Gasteiger partial charge in [0.25, 0.3) is 0 Å². The molecule has 0 saturated carbocycles. The van der Waals surface area contributed by atoms with E-state index in [1.54, 1.807) is 12.1 Å². The second-order valence-corrected chi connectivity index (χ2v) is 4.30. The summed E-state index contributed by atoms with van der Waals surface area (Å²) in [5, 5.41) is 18.1. The number of carboxylic acids is 1. The van der Waals surface area contributed by atoms with E-state index >= 15 is 0 Å². The van der Waals surface area contributed by atoms with Crippen LogP contribution in [-0.4, -0.2) is 22.3 Å². The molecule has 0 spiro atoms. The van der Waals surface area contributed by atoms with Gasteiger partial charge in [-0.2, -0.15) is 0 Å². The number of aliphatic hydroxyl groups is 1. The number of nitrogens with two attached hydrogens (primary N) is 1. The largest absolute Gasteiger partial charge is 0.479 e. The number of benzene rings is 2. The molecule has 0 aliphatic carbocycles. The van der Waals surface area contributed by atoms with Crippen LogP contribution in [0, 0.1) is 0 Å². The lowest BCUT2D eigenvalue weighted by molar-refractivity contribution is -0.147. The van der Waals surface area contributed by atoms with Crippen molar-refractivity contribution in [2.24, 2.45) is 5.73 Å². The first-order valence-corrected chi connectivity index (χ1v) is 5.91. The number of aliphatic carboxylic acids is 1. The first-order valence-electron chi connectivity index (χ1n) is 5.91. The zero-order chi connectivity index (χ0) is 13.8. The molecule has 98 valence electrons. The van der Waals surface area contributed by atoms with Gasteiger partial charge in [0.1, 0.15) is 0 Å². The molecule has 0 saturated heterocycles. The van der Waals surface area contributed by atoms with Crippen LogP contribution in [0.15, 0.2) is 54.6 Å². The van der Waals surface area contributed by atoms with Gasteiger partial charge in [0.2, 0.25) is 0 Å². The Balaban J connectivity index is 2.22. The molecule has 2 rings (SSSR count). The van der Waals surface area contributed by atoms with Gasteiger partial charge in [0.05, 0.1) is 6.04 Å². The highest BCUT2D eigenvalue weighted by molar-refractivity contribution is 5.73. The van der Waals surface area contributed by atoms with Crippen molar-refractivity contribution < 1.29 is 15.0 Å². The van der Waals surface area contributed by atoms with E-state index < -0.39 is 18.1 Å². The van der Waals surface area contributed by atoms with Gasteiger partial charge in [0.15, 0.2) is 6.10 Å². The molecule has 0 fully saturated rings. The molecule has 0 bridgehead atoms. The highest BCUT2D eigenvalue weighted by atomic mass is 16.4. The second-order valence-electron chi connectivity index (χ2n) is 4.30. The topological polar surface area (TPSA) is 83.5 Å². The molecule has 0 aliphatic rings. The fourth-order valence-corrected chi connectivity index (χ4v) is 1.86. The minimum atomic E-state index is -1.59. The average molecular weight is 257 g/mol. The average Bonchev–Trinajstić information content (AvgIpc) is 2.46. The molecule has 0 amide bonds. The molecule has 2 aromatic rings. The normalized spacial score (nSPS) is 13.8. The number of aliphatic hydroxyl groups excluding tert-OH is 1. The van der Waals surface area contributed by atoms with Gasteiger partial charge in [-0.25, -0.2) is 4.79 Å². The van der Waals surface area contributed by atoms with E-state index in [-0.39, 0.29) is 0 Å². The van der Waals surface area contributed by atoms with E-state index in [0.717, 1.165) is 11.1 Å². The molecule has 0 aliphatic heterocycles. The number of hydrogen-bond donors (Lipinski definition) is 3. The molecule has 2 aromatic carbocycles. The molecular formula is C15H15NO3. The van der Waals surface area contributed by atoms with Crippen LogP contribution >= 0.6 is 0 Å². The fraction of sp³-hybridized carbons (Fsp3) is 0.133. The Morgan fingerprint density at radius 3 is 2.00 bits per heavy atom. The Hall–Kier alpha value is -2.17. The van der Waals surface area contributed by atoms with Crippen LogP contribution < -0.4 is 5.73 Å². The molecule has 0 unspecified atom stereocenters. The summed E-state index contributed by atoms with van der Waals surface area (Å²) in [6, 6.07) is 16.1. The van der Waals surface area contributed by atoms with Crippen molar-refractivity contribution in [1.29, 1.82) is 0 Å². The summed E-state index contributed by atoms with van der Waals surface area (Å²) in [4.78, 5) is 10.7. The van der Waals surface area contributed by atoms with Gasteiger partial charge in [-0.05, 0) is 16.7 Å². The lowest BCUT2D eigenvalue weighted by Gasteiger charge is -2.15. The highest BCUT2D eigenvalue weighted by Gasteiger charge is 2.23. The fourth-order valence-electron chi connectivity index (χ4n) is 1.86. The summed E-state index contributed by atoms with van der Waals surface area (Å²) in [5.74, 6) is -1.32. The van der Waals surface area contributed by atoms with Crippen LogP contribution in [0.25, 0.3) is 11.1 Å². The predicted octanol–water partition coefficient (Wildman–Crippen LogP) is 1.80. The van der Waals surface area contributed by atoms with Crippen molar-refractivity contribution in [2.45, 2.75) is 12.1 Å². The van der Waals surface area contributed by atoms with Crippen molar-refractivity contribution in [2.75, 3.05) is 0 Å². The Kier molecular flexibility index (Phi) is 3.94. The lowest BCUT2D eigenvalue weighted by atomic mass is 9.98. The Labute approximate surface area is 111 Å². The summed E-state index contributed by atoms with van der Waals surface area (Å²) >= 11 is 0. The number of carboxylic acid groups (broad SMARTS) is 1. The summed E-state index contributed by atoms with van der Waals surface area (Å²) in [7, 11) is 0. The number of hydrogen-bond acceptors (Lipinski definition) is 3. The first-order chi connectivity index (χ1) is 9.09. The zero-order valence-corrected chi connectivity index (χ0v) is 10.2. The maximum absolute atomic E-state index is 10.7.